The fraction of sp³-hybridized carbons (Fsp3) is 0.500. The Morgan fingerprint density at radius 3 is 3.00 bits per heavy atom. The number of amides is 1. The Kier molecular flexibility index (Phi) is 4.92. The monoisotopic (exact) mass is 221 g/mol. The third-order valence-corrected chi connectivity index (χ3v) is 2.29. The number of carbonyl (C=O) groups excluding carboxylic acids is 1. The summed E-state index contributed by atoms with van der Waals surface area (Å²) < 4.78 is 0. The lowest BCUT2D eigenvalue weighted by molar-refractivity contribution is -0.116. The van der Waals surface area contributed by atoms with Crippen LogP contribution in [0.2, 0.25) is 0 Å². The molecule has 88 valence electrons. The zero-order chi connectivity index (χ0) is 12.0. The van der Waals surface area contributed by atoms with E-state index in [9.17, 15) is 4.79 Å². The quantitative estimate of drug-likeness (QED) is 0.797. The van der Waals surface area contributed by atoms with Gasteiger partial charge in [-0.3, -0.25) is 9.78 Å². The maximum atomic E-state index is 11.6. The summed E-state index contributed by atoms with van der Waals surface area (Å²) >= 11 is 0. The number of carbonyl (C=O) groups is 1. The Bertz CT molecular complexity index is 352. The van der Waals surface area contributed by atoms with Crippen LogP contribution in [0.25, 0.3) is 0 Å². The molecule has 0 radical (unpaired) electrons. The van der Waals surface area contributed by atoms with Crippen molar-refractivity contribution in [3.05, 3.63) is 24.0 Å². The second-order valence-corrected chi connectivity index (χ2v) is 3.99. The van der Waals surface area contributed by atoms with Gasteiger partial charge in [0.2, 0.25) is 5.91 Å². The van der Waals surface area contributed by atoms with Gasteiger partial charge in [-0.2, -0.15) is 0 Å². The predicted molar refractivity (Wildman–Crippen MR) is 65.1 cm³/mol. The highest BCUT2D eigenvalue weighted by molar-refractivity contribution is 5.91. The van der Waals surface area contributed by atoms with Gasteiger partial charge in [0.25, 0.3) is 0 Å². The number of anilines is 1. The van der Waals surface area contributed by atoms with Crippen LogP contribution in [0.15, 0.2) is 18.3 Å². The highest BCUT2D eigenvalue weighted by Gasteiger charge is 2.08. The van der Waals surface area contributed by atoms with Crippen LogP contribution in [0.3, 0.4) is 0 Å². The molecule has 1 heterocycles. The van der Waals surface area contributed by atoms with E-state index in [-0.39, 0.29) is 11.9 Å². The first-order chi connectivity index (χ1) is 7.61. The zero-order valence-electron chi connectivity index (χ0n) is 9.86. The molecule has 0 saturated carbocycles. The summed E-state index contributed by atoms with van der Waals surface area (Å²) in [6, 6.07) is 3.56. The minimum absolute atomic E-state index is 0.0356. The first-order valence-electron chi connectivity index (χ1n) is 5.60. The second kappa shape index (κ2) is 6.23. The molecule has 4 heteroatoms. The standard InChI is InChI=1S/C12H19N3O/c1-3-4-10(13)8-12(16)15-11-5-6-14-9(2)7-11/h5-7,10H,3-4,8,13H2,1-2H3,(H,14,15,16). The Hall–Kier alpha value is -1.42. The highest BCUT2D eigenvalue weighted by Crippen LogP contribution is 2.08. The zero-order valence-corrected chi connectivity index (χ0v) is 9.86. The van der Waals surface area contributed by atoms with Gasteiger partial charge in [0, 0.05) is 30.0 Å². The average molecular weight is 221 g/mol. The summed E-state index contributed by atoms with van der Waals surface area (Å²) in [7, 11) is 0. The van der Waals surface area contributed by atoms with Gasteiger partial charge in [-0.05, 0) is 25.5 Å². The van der Waals surface area contributed by atoms with Crippen LogP contribution >= 0.6 is 0 Å². The fourth-order valence-corrected chi connectivity index (χ4v) is 1.55. The van der Waals surface area contributed by atoms with Gasteiger partial charge in [-0.25, -0.2) is 0 Å². The van der Waals surface area contributed by atoms with Crippen molar-refractivity contribution in [2.75, 3.05) is 5.32 Å². The lowest BCUT2D eigenvalue weighted by atomic mass is 10.1. The van der Waals surface area contributed by atoms with E-state index in [1.54, 1.807) is 12.3 Å². The third kappa shape index (κ3) is 4.40. The van der Waals surface area contributed by atoms with Crippen LogP contribution in [-0.4, -0.2) is 16.9 Å². The first kappa shape index (κ1) is 12.6. The third-order valence-electron chi connectivity index (χ3n) is 2.29. The van der Waals surface area contributed by atoms with Crippen molar-refractivity contribution in [1.82, 2.24) is 4.98 Å². The number of rotatable bonds is 5. The molecule has 0 aromatic carbocycles. The number of nitrogens with two attached hydrogens (primary N) is 1. The van der Waals surface area contributed by atoms with Crippen LogP contribution < -0.4 is 11.1 Å². The van der Waals surface area contributed by atoms with Gasteiger partial charge < -0.3 is 11.1 Å². The van der Waals surface area contributed by atoms with E-state index in [0.717, 1.165) is 24.2 Å². The molecule has 4 nitrogen and oxygen atoms in total. The molecule has 0 fully saturated rings. The number of hydrogen-bond acceptors (Lipinski definition) is 3. The number of nitrogens with zero attached hydrogens (tertiary/aromatic N) is 1. The SMILES string of the molecule is CCCC(N)CC(=O)Nc1ccnc(C)c1. The van der Waals surface area contributed by atoms with Gasteiger partial charge in [-0.15, -0.1) is 0 Å². The predicted octanol–water partition coefficient (Wildman–Crippen LogP) is 1.85. The molecule has 1 amide bonds. The minimum Gasteiger partial charge on any atom is -0.327 e. The summed E-state index contributed by atoms with van der Waals surface area (Å²) in [5.74, 6) is -0.0356. The first-order valence-corrected chi connectivity index (χ1v) is 5.60. The molecule has 0 bridgehead atoms. The van der Waals surface area contributed by atoms with Crippen molar-refractivity contribution in [3.63, 3.8) is 0 Å². The summed E-state index contributed by atoms with van der Waals surface area (Å²) in [5.41, 5.74) is 7.46. The molecule has 3 N–H and O–H groups in total. The maximum Gasteiger partial charge on any atom is 0.225 e. The van der Waals surface area contributed by atoms with E-state index in [2.05, 4.69) is 17.2 Å². The van der Waals surface area contributed by atoms with Gasteiger partial charge >= 0.3 is 0 Å². The molecule has 1 aromatic heterocycles. The van der Waals surface area contributed by atoms with Crippen molar-refractivity contribution in [1.29, 1.82) is 0 Å². The fourth-order valence-electron chi connectivity index (χ4n) is 1.55. The smallest absolute Gasteiger partial charge is 0.225 e. The van der Waals surface area contributed by atoms with E-state index in [1.165, 1.54) is 0 Å². The van der Waals surface area contributed by atoms with E-state index in [0.29, 0.717) is 6.42 Å². The molecule has 1 atom stereocenters. The summed E-state index contributed by atoms with van der Waals surface area (Å²) in [6.45, 7) is 3.95. The average Bonchev–Trinajstić information content (AvgIpc) is 2.17. The van der Waals surface area contributed by atoms with Crippen molar-refractivity contribution >= 4 is 11.6 Å². The number of nitrogens with one attached hydrogen (secondary N) is 1. The van der Waals surface area contributed by atoms with Gasteiger partial charge in [0.1, 0.15) is 0 Å². The Morgan fingerprint density at radius 2 is 2.38 bits per heavy atom. The van der Waals surface area contributed by atoms with Gasteiger partial charge in [0.05, 0.1) is 0 Å². The Labute approximate surface area is 96.3 Å². The van der Waals surface area contributed by atoms with E-state index in [4.69, 9.17) is 5.73 Å². The van der Waals surface area contributed by atoms with Crippen LogP contribution in [0.4, 0.5) is 5.69 Å². The molecule has 0 aliphatic rings. The Balaban J connectivity index is 2.45. The van der Waals surface area contributed by atoms with Crippen molar-refractivity contribution < 1.29 is 4.79 Å². The molecule has 1 rings (SSSR count). The Morgan fingerprint density at radius 1 is 1.62 bits per heavy atom. The largest absolute Gasteiger partial charge is 0.327 e. The number of aryl methyl sites for hydroxylation is 1. The number of hydrogen-bond donors (Lipinski definition) is 2. The lowest BCUT2D eigenvalue weighted by Crippen LogP contribution is -2.26. The summed E-state index contributed by atoms with van der Waals surface area (Å²) in [6.07, 6.45) is 3.93. The van der Waals surface area contributed by atoms with E-state index < -0.39 is 0 Å². The summed E-state index contributed by atoms with van der Waals surface area (Å²) in [5, 5.41) is 2.81. The number of aromatic nitrogens is 1. The van der Waals surface area contributed by atoms with E-state index in [1.807, 2.05) is 13.0 Å². The highest BCUT2D eigenvalue weighted by atomic mass is 16.1. The number of pyridine rings is 1. The van der Waals surface area contributed by atoms with Crippen molar-refractivity contribution in [2.24, 2.45) is 5.73 Å². The molecule has 0 aliphatic heterocycles. The van der Waals surface area contributed by atoms with Crippen LogP contribution in [0, 0.1) is 6.92 Å². The molecular formula is C12H19N3O. The second-order valence-electron chi connectivity index (χ2n) is 3.99. The molecule has 1 aromatic rings. The van der Waals surface area contributed by atoms with Crippen LogP contribution in [-0.2, 0) is 4.79 Å². The lowest BCUT2D eigenvalue weighted by Gasteiger charge is -2.10. The molecule has 0 aliphatic carbocycles. The van der Waals surface area contributed by atoms with Gasteiger partial charge in [0.15, 0.2) is 0 Å². The van der Waals surface area contributed by atoms with Crippen LogP contribution in [0.5, 0.6) is 0 Å². The van der Waals surface area contributed by atoms with Crippen LogP contribution in [0.1, 0.15) is 31.9 Å². The van der Waals surface area contributed by atoms with Crippen molar-refractivity contribution in [3.8, 4) is 0 Å². The minimum atomic E-state index is -0.0482. The van der Waals surface area contributed by atoms with E-state index >= 15 is 0 Å². The molecule has 0 spiro atoms. The molecule has 16 heavy (non-hydrogen) atoms. The normalized spacial score (nSPS) is 12.2. The maximum absolute atomic E-state index is 11.6. The summed E-state index contributed by atoms with van der Waals surface area (Å²) in [4.78, 5) is 15.7. The molecule has 1 unspecified atom stereocenters. The molecule has 0 saturated heterocycles. The van der Waals surface area contributed by atoms with Crippen molar-refractivity contribution in [2.45, 2.75) is 39.2 Å². The van der Waals surface area contributed by atoms with Gasteiger partial charge in [-0.1, -0.05) is 13.3 Å². The molecular weight excluding hydrogens is 202 g/mol. The topological polar surface area (TPSA) is 68.0 Å².